The van der Waals surface area contributed by atoms with Crippen molar-refractivity contribution in [2.75, 3.05) is 25.5 Å². The number of hydrogen-bond acceptors (Lipinski definition) is 4. The highest BCUT2D eigenvalue weighted by atomic mass is 15.2. The van der Waals surface area contributed by atoms with Crippen LogP contribution in [0.25, 0.3) is 0 Å². The van der Waals surface area contributed by atoms with Gasteiger partial charge in [-0.2, -0.15) is 5.10 Å². The van der Waals surface area contributed by atoms with Gasteiger partial charge >= 0.3 is 0 Å². The quantitative estimate of drug-likeness (QED) is 0.791. The Morgan fingerprint density at radius 3 is 2.47 bits per heavy atom. The van der Waals surface area contributed by atoms with Crippen LogP contribution in [0.3, 0.4) is 0 Å². The smallest absolute Gasteiger partial charge is 0.150 e. The number of nitrogens with one attached hydrogen (secondary N) is 1. The van der Waals surface area contributed by atoms with Crippen molar-refractivity contribution in [3.63, 3.8) is 0 Å². The Kier molecular flexibility index (Phi) is 4.49. The second-order valence-corrected chi connectivity index (χ2v) is 4.30. The van der Waals surface area contributed by atoms with Crippen LogP contribution in [-0.4, -0.2) is 30.8 Å². The molecule has 0 aliphatic carbocycles. The zero-order chi connectivity index (χ0) is 11.3. The van der Waals surface area contributed by atoms with Crippen molar-refractivity contribution in [2.45, 2.75) is 20.4 Å². The van der Waals surface area contributed by atoms with Gasteiger partial charge in [-0.25, -0.2) is 0 Å². The molecule has 0 saturated carbocycles. The molecule has 84 valence electrons. The summed E-state index contributed by atoms with van der Waals surface area (Å²) in [7, 11) is 3.92. The van der Waals surface area contributed by atoms with Gasteiger partial charge in [0.25, 0.3) is 0 Å². The molecular weight excluding hydrogens is 188 g/mol. The van der Waals surface area contributed by atoms with Crippen molar-refractivity contribution >= 4 is 5.82 Å². The molecule has 0 amide bonds. The van der Waals surface area contributed by atoms with Crippen LogP contribution in [0.5, 0.6) is 0 Å². The third-order valence-corrected chi connectivity index (χ3v) is 2.02. The highest BCUT2D eigenvalue weighted by molar-refractivity contribution is 5.34. The van der Waals surface area contributed by atoms with E-state index >= 15 is 0 Å². The Labute approximate surface area is 91.7 Å². The summed E-state index contributed by atoms with van der Waals surface area (Å²) < 4.78 is 0. The number of rotatable bonds is 5. The first-order valence-corrected chi connectivity index (χ1v) is 5.30. The van der Waals surface area contributed by atoms with E-state index in [1.54, 1.807) is 0 Å². The van der Waals surface area contributed by atoms with Gasteiger partial charge in [-0.3, -0.25) is 0 Å². The predicted molar refractivity (Wildman–Crippen MR) is 62.9 cm³/mol. The van der Waals surface area contributed by atoms with Crippen molar-refractivity contribution in [3.05, 3.63) is 17.8 Å². The Bertz CT molecular complexity index is 279. The predicted octanol–water partition coefficient (Wildman–Crippen LogP) is 1.29. The van der Waals surface area contributed by atoms with E-state index in [9.17, 15) is 0 Å². The molecule has 0 unspecified atom stereocenters. The van der Waals surface area contributed by atoms with Gasteiger partial charge in [0.1, 0.15) is 0 Å². The van der Waals surface area contributed by atoms with Crippen LogP contribution in [0.15, 0.2) is 12.1 Å². The van der Waals surface area contributed by atoms with Gasteiger partial charge in [0, 0.05) is 20.6 Å². The first kappa shape index (κ1) is 11.9. The molecule has 0 aliphatic heterocycles. The number of nitrogens with zero attached hydrogens (tertiary/aromatic N) is 3. The second kappa shape index (κ2) is 5.66. The van der Waals surface area contributed by atoms with Crippen LogP contribution >= 0.6 is 0 Å². The summed E-state index contributed by atoms with van der Waals surface area (Å²) in [5.41, 5.74) is 0.987. The molecule has 0 atom stereocenters. The molecule has 15 heavy (non-hydrogen) atoms. The molecule has 1 N–H and O–H groups in total. The zero-order valence-electron chi connectivity index (χ0n) is 9.99. The lowest BCUT2D eigenvalue weighted by Gasteiger charge is -2.10. The lowest BCUT2D eigenvalue weighted by molar-refractivity contribution is 0.546. The number of aromatic nitrogens is 2. The van der Waals surface area contributed by atoms with Crippen LogP contribution in [0.4, 0.5) is 5.82 Å². The summed E-state index contributed by atoms with van der Waals surface area (Å²) in [5.74, 6) is 1.56. The second-order valence-electron chi connectivity index (χ2n) is 4.30. The van der Waals surface area contributed by atoms with Crippen LogP contribution < -0.4 is 10.2 Å². The lowest BCUT2D eigenvalue weighted by atomic mass is 10.2. The highest BCUT2D eigenvalue weighted by Gasteiger charge is 1.99. The van der Waals surface area contributed by atoms with E-state index < -0.39 is 0 Å². The van der Waals surface area contributed by atoms with E-state index in [1.165, 1.54) is 0 Å². The minimum Gasteiger partial charge on any atom is -0.361 e. The fourth-order valence-electron chi connectivity index (χ4n) is 1.17. The maximum absolute atomic E-state index is 4.14. The molecule has 4 nitrogen and oxygen atoms in total. The van der Waals surface area contributed by atoms with E-state index in [1.807, 2.05) is 31.1 Å². The summed E-state index contributed by atoms with van der Waals surface area (Å²) in [6, 6.07) is 4.00. The fraction of sp³-hybridized carbons (Fsp3) is 0.636. The van der Waals surface area contributed by atoms with Crippen LogP contribution in [-0.2, 0) is 6.54 Å². The Hall–Kier alpha value is -1.16. The molecule has 1 aromatic heterocycles. The summed E-state index contributed by atoms with van der Waals surface area (Å²) in [5, 5.41) is 11.6. The average molecular weight is 208 g/mol. The summed E-state index contributed by atoms with van der Waals surface area (Å²) >= 11 is 0. The largest absolute Gasteiger partial charge is 0.361 e. The Balaban J connectivity index is 2.43. The SMILES string of the molecule is CC(C)CNCc1ccc(N(C)C)nn1. The molecule has 0 bridgehead atoms. The minimum absolute atomic E-state index is 0.666. The molecule has 0 aliphatic rings. The third kappa shape index (κ3) is 4.25. The van der Waals surface area contributed by atoms with E-state index in [4.69, 9.17) is 0 Å². The topological polar surface area (TPSA) is 41.0 Å². The van der Waals surface area contributed by atoms with E-state index in [2.05, 4.69) is 29.4 Å². The molecule has 1 rings (SSSR count). The monoisotopic (exact) mass is 208 g/mol. The number of hydrogen-bond donors (Lipinski definition) is 1. The van der Waals surface area contributed by atoms with E-state index in [0.29, 0.717) is 5.92 Å². The summed E-state index contributed by atoms with van der Waals surface area (Å²) in [4.78, 5) is 1.94. The van der Waals surface area contributed by atoms with Crippen LogP contribution in [0, 0.1) is 5.92 Å². The van der Waals surface area contributed by atoms with Crippen LogP contribution in [0.1, 0.15) is 19.5 Å². The lowest BCUT2D eigenvalue weighted by Crippen LogP contribution is -2.20. The van der Waals surface area contributed by atoms with Gasteiger partial charge in [-0.1, -0.05) is 13.8 Å². The van der Waals surface area contributed by atoms with E-state index in [-0.39, 0.29) is 0 Å². The standard InChI is InChI=1S/C11H20N4/c1-9(2)7-12-8-10-5-6-11(14-13-10)15(3)4/h5-6,9,12H,7-8H2,1-4H3. The third-order valence-electron chi connectivity index (χ3n) is 2.02. The van der Waals surface area contributed by atoms with Gasteiger partial charge in [-0.05, 0) is 24.6 Å². The number of anilines is 1. The molecule has 1 heterocycles. The molecule has 0 radical (unpaired) electrons. The summed E-state index contributed by atoms with van der Waals surface area (Å²) in [6.45, 7) is 6.18. The van der Waals surface area contributed by atoms with Gasteiger partial charge in [0.2, 0.25) is 0 Å². The van der Waals surface area contributed by atoms with Gasteiger partial charge in [0.15, 0.2) is 5.82 Å². The van der Waals surface area contributed by atoms with Gasteiger partial charge in [-0.15, -0.1) is 5.10 Å². The molecule has 4 heteroatoms. The van der Waals surface area contributed by atoms with Crippen molar-refractivity contribution in [1.82, 2.24) is 15.5 Å². The van der Waals surface area contributed by atoms with Crippen molar-refractivity contribution in [1.29, 1.82) is 0 Å². The molecular formula is C11H20N4. The molecule has 0 aromatic carbocycles. The maximum atomic E-state index is 4.14. The molecule has 1 aromatic rings. The maximum Gasteiger partial charge on any atom is 0.150 e. The summed E-state index contributed by atoms with van der Waals surface area (Å²) in [6.07, 6.45) is 0. The normalized spacial score (nSPS) is 10.7. The molecule has 0 saturated heterocycles. The molecule has 0 fully saturated rings. The minimum atomic E-state index is 0.666. The first-order valence-electron chi connectivity index (χ1n) is 5.30. The average Bonchev–Trinajstić information content (AvgIpc) is 2.18. The first-order chi connectivity index (χ1) is 7.09. The molecule has 0 spiro atoms. The zero-order valence-corrected chi connectivity index (χ0v) is 9.99. The van der Waals surface area contributed by atoms with E-state index in [0.717, 1.165) is 24.6 Å². The highest BCUT2D eigenvalue weighted by Crippen LogP contribution is 2.04. The van der Waals surface area contributed by atoms with Crippen molar-refractivity contribution in [2.24, 2.45) is 5.92 Å². The van der Waals surface area contributed by atoms with Gasteiger partial charge in [0.05, 0.1) is 5.69 Å². The fourth-order valence-corrected chi connectivity index (χ4v) is 1.17. The Morgan fingerprint density at radius 1 is 1.27 bits per heavy atom. The Morgan fingerprint density at radius 2 is 2.00 bits per heavy atom. The van der Waals surface area contributed by atoms with Crippen molar-refractivity contribution < 1.29 is 0 Å². The van der Waals surface area contributed by atoms with Crippen LogP contribution in [0.2, 0.25) is 0 Å². The van der Waals surface area contributed by atoms with Crippen molar-refractivity contribution in [3.8, 4) is 0 Å². The van der Waals surface area contributed by atoms with Gasteiger partial charge < -0.3 is 10.2 Å².